The Morgan fingerprint density at radius 3 is 2.85 bits per heavy atom. The van der Waals surface area contributed by atoms with E-state index in [0.29, 0.717) is 23.7 Å². The van der Waals surface area contributed by atoms with Crippen molar-refractivity contribution >= 4 is 11.6 Å². The van der Waals surface area contributed by atoms with Gasteiger partial charge >= 0.3 is 0 Å². The van der Waals surface area contributed by atoms with Crippen LogP contribution in [-0.2, 0) is 0 Å². The van der Waals surface area contributed by atoms with Crippen LogP contribution >= 0.6 is 0 Å². The zero-order chi connectivity index (χ0) is 14.5. The lowest BCUT2D eigenvalue weighted by Gasteiger charge is -2.16. The lowest BCUT2D eigenvalue weighted by molar-refractivity contribution is 0.0937. The van der Waals surface area contributed by atoms with Crippen molar-refractivity contribution in [3.05, 3.63) is 29.6 Å². The highest BCUT2D eigenvalue weighted by atomic mass is 19.1. The number of halogens is 1. The van der Waals surface area contributed by atoms with E-state index in [-0.39, 0.29) is 17.8 Å². The maximum absolute atomic E-state index is 13.9. The largest absolute Gasteiger partial charge is 0.382 e. The summed E-state index contributed by atoms with van der Waals surface area (Å²) in [6, 6.07) is 4.86. The highest BCUT2D eigenvalue weighted by molar-refractivity contribution is 5.99. The van der Waals surface area contributed by atoms with Crippen molar-refractivity contribution in [3.63, 3.8) is 0 Å². The fourth-order valence-electron chi connectivity index (χ4n) is 2.74. The summed E-state index contributed by atoms with van der Waals surface area (Å²) in [5.74, 6) is 0.110. The van der Waals surface area contributed by atoms with E-state index in [1.54, 1.807) is 12.1 Å². The van der Waals surface area contributed by atoms with E-state index in [1.165, 1.54) is 6.07 Å². The summed E-state index contributed by atoms with van der Waals surface area (Å²) in [6.45, 7) is 4.86. The molecule has 2 N–H and O–H groups in total. The maximum Gasteiger partial charge on any atom is 0.253 e. The van der Waals surface area contributed by atoms with E-state index < -0.39 is 0 Å². The molecule has 0 saturated heterocycles. The Morgan fingerprint density at radius 2 is 2.20 bits per heavy atom. The van der Waals surface area contributed by atoms with Gasteiger partial charge in [-0.15, -0.1) is 0 Å². The minimum Gasteiger partial charge on any atom is -0.382 e. The standard InChI is InChI=1S/C16H23FN2O/c1-3-9-18-15-13(5-4-6-14(15)17)16(20)19-12-8-7-11(2)10-12/h4-6,11-12,18H,3,7-10H2,1-2H3,(H,19,20). The summed E-state index contributed by atoms with van der Waals surface area (Å²) in [6.07, 6.45) is 4.06. The molecule has 0 radical (unpaired) electrons. The van der Waals surface area contributed by atoms with Gasteiger partial charge in [0, 0.05) is 12.6 Å². The summed E-state index contributed by atoms with van der Waals surface area (Å²) < 4.78 is 13.9. The first kappa shape index (κ1) is 14.8. The van der Waals surface area contributed by atoms with E-state index in [9.17, 15) is 9.18 Å². The SMILES string of the molecule is CCCNc1c(F)cccc1C(=O)NC1CCC(C)C1. The summed E-state index contributed by atoms with van der Waals surface area (Å²) in [5, 5.41) is 6.03. The Balaban J connectivity index is 2.10. The van der Waals surface area contributed by atoms with Gasteiger partial charge in [0.15, 0.2) is 0 Å². The Labute approximate surface area is 120 Å². The highest BCUT2D eigenvalue weighted by Crippen LogP contribution is 2.26. The van der Waals surface area contributed by atoms with Crippen LogP contribution < -0.4 is 10.6 Å². The molecule has 2 rings (SSSR count). The van der Waals surface area contributed by atoms with Crippen molar-refractivity contribution in [3.8, 4) is 0 Å². The number of anilines is 1. The number of hydrogen-bond donors (Lipinski definition) is 2. The predicted octanol–water partition coefficient (Wildman–Crippen LogP) is 3.57. The molecule has 1 amide bonds. The van der Waals surface area contributed by atoms with E-state index in [2.05, 4.69) is 17.6 Å². The molecule has 0 heterocycles. The molecule has 2 unspecified atom stereocenters. The average Bonchev–Trinajstić information content (AvgIpc) is 2.82. The molecule has 0 spiro atoms. The normalized spacial score (nSPS) is 21.8. The van der Waals surface area contributed by atoms with E-state index in [0.717, 1.165) is 25.7 Å². The molecule has 20 heavy (non-hydrogen) atoms. The lowest BCUT2D eigenvalue weighted by atomic mass is 10.1. The van der Waals surface area contributed by atoms with Gasteiger partial charge in [0.1, 0.15) is 5.82 Å². The van der Waals surface area contributed by atoms with Crippen LogP contribution in [0.4, 0.5) is 10.1 Å². The molecule has 4 heteroatoms. The van der Waals surface area contributed by atoms with Crippen LogP contribution in [0.1, 0.15) is 49.9 Å². The van der Waals surface area contributed by atoms with E-state index in [1.807, 2.05) is 6.92 Å². The van der Waals surface area contributed by atoms with Crippen molar-refractivity contribution in [1.82, 2.24) is 5.32 Å². The second-order valence-corrected chi connectivity index (χ2v) is 5.68. The van der Waals surface area contributed by atoms with Gasteiger partial charge in [-0.25, -0.2) is 4.39 Å². The highest BCUT2D eigenvalue weighted by Gasteiger charge is 2.24. The smallest absolute Gasteiger partial charge is 0.253 e. The third-order valence-electron chi connectivity index (χ3n) is 3.84. The van der Waals surface area contributed by atoms with Crippen molar-refractivity contribution in [1.29, 1.82) is 0 Å². The Hall–Kier alpha value is -1.58. The summed E-state index contributed by atoms with van der Waals surface area (Å²) in [4.78, 5) is 12.3. The van der Waals surface area contributed by atoms with Crippen LogP contribution in [-0.4, -0.2) is 18.5 Å². The Bertz CT molecular complexity index is 476. The van der Waals surface area contributed by atoms with Crippen molar-refractivity contribution in [2.24, 2.45) is 5.92 Å². The number of para-hydroxylation sites is 1. The molecule has 0 bridgehead atoms. The number of amides is 1. The van der Waals surface area contributed by atoms with Crippen molar-refractivity contribution in [2.75, 3.05) is 11.9 Å². The molecular formula is C16H23FN2O. The average molecular weight is 278 g/mol. The summed E-state index contributed by atoms with van der Waals surface area (Å²) in [5.41, 5.74) is 0.718. The van der Waals surface area contributed by atoms with Gasteiger partial charge < -0.3 is 10.6 Å². The Kier molecular flexibility index (Phi) is 4.99. The monoisotopic (exact) mass is 278 g/mol. The first-order valence-electron chi connectivity index (χ1n) is 7.45. The third kappa shape index (κ3) is 3.50. The van der Waals surface area contributed by atoms with Crippen molar-refractivity contribution < 1.29 is 9.18 Å². The molecular weight excluding hydrogens is 255 g/mol. The molecule has 1 saturated carbocycles. The summed E-state index contributed by atoms with van der Waals surface area (Å²) >= 11 is 0. The number of hydrogen-bond acceptors (Lipinski definition) is 2. The van der Waals surface area contributed by atoms with Gasteiger partial charge in [-0.2, -0.15) is 0 Å². The fraction of sp³-hybridized carbons (Fsp3) is 0.562. The first-order valence-corrected chi connectivity index (χ1v) is 7.45. The van der Waals surface area contributed by atoms with Gasteiger partial charge in [0.2, 0.25) is 0 Å². The molecule has 3 nitrogen and oxygen atoms in total. The third-order valence-corrected chi connectivity index (χ3v) is 3.84. The number of carbonyl (C=O) groups is 1. The molecule has 1 aliphatic carbocycles. The zero-order valence-corrected chi connectivity index (χ0v) is 12.2. The second-order valence-electron chi connectivity index (χ2n) is 5.68. The van der Waals surface area contributed by atoms with Gasteiger partial charge in [0.05, 0.1) is 11.3 Å². The minimum absolute atomic E-state index is 0.179. The predicted molar refractivity (Wildman–Crippen MR) is 79.4 cm³/mol. The van der Waals surface area contributed by atoms with Gasteiger partial charge in [-0.1, -0.05) is 19.9 Å². The first-order chi connectivity index (χ1) is 9.61. The molecule has 0 aromatic heterocycles. The van der Waals surface area contributed by atoms with E-state index >= 15 is 0 Å². The van der Waals surface area contributed by atoms with Crippen LogP contribution in [0.25, 0.3) is 0 Å². The minimum atomic E-state index is -0.370. The zero-order valence-electron chi connectivity index (χ0n) is 12.2. The molecule has 1 aliphatic rings. The van der Waals surface area contributed by atoms with Crippen LogP contribution in [0, 0.1) is 11.7 Å². The van der Waals surface area contributed by atoms with E-state index in [4.69, 9.17) is 0 Å². The van der Waals surface area contributed by atoms with Gasteiger partial charge in [0.25, 0.3) is 5.91 Å². The lowest BCUT2D eigenvalue weighted by Crippen LogP contribution is -2.33. The number of rotatable bonds is 5. The quantitative estimate of drug-likeness (QED) is 0.864. The maximum atomic E-state index is 13.9. The second kappa shape index (κ2) is 6.73. The van der Waals surface area contributed by atoms with Crippen LogP contribution in [0.3, 0.4) is 0 Å². The van der Waals surface area contributed by atoms with Crippen molar-refractivity contribution in [2.45, 2.75) is 45.6 Å². The number of carbonyl (C=O) groups excluding carboxylic acids is 1. The van der Waals surface area contributed by atoms with Crippen LogP contribution in [0.5, 0.6) is 0 Å². The van der Waals surface area contributed by atoms with Gasteiger partial charge in [-0.3, -0.25) is 4.79 Å². The molecule has 0 aliphatic heterocycles. The fourth-order valence-corrected chi connectivity index (χ4v) is 2.74. The number of benzene rings is 1. The van der Waals surface area contributed by atoms with Crippen LogP contribution in [0.15, 0.2) is 18.2 Å². The molecule has 1 aromatic rings. The molecule has 1 aromatic carbocycles. The Morgan fingerprint density at radius 1 is 1.40 bits per heavy atom. The van der Waals surface area contributed by atoms with Gasteiger partial charge in [-0.05, 0) is 43.7 Å². The molecule has 1 fully saturated rings. The summed E-state index contributed by atoms with van der Waals surface area (Å²) in [7, 11) is 0. The number of nitrogens with one attached hydrogen (secondary N) is 2. The van der Waals surface area contributed by atoms with Crippen LogP contribution in [0.2, 0.25) is 0 Å². The molecule has 2 atom stereocenters. The molecule has 110 valence electrons. The topological polar surface area (TPSA) is 41.1 Å².